The van der Waals surface area contributed by atoms with Crippen molar-refractivity contribution in [3.05, 3.63) is 58.1 Å². The highest BCUT2D eigenvalue weighted by atomic mass is 16.7. The summed E-state index contributed by atoms with van der Waals surface area (Å²) in [5.74, 6) is 1.01. The van der Waals surface area contributed by atoms with Gasteiger partial charge in [0.25, 0.3) is 11.5 Å². The summed E-state index contributed by atoms with van der Waals surface area (Å²) < 4.78 is 12.1. The largest absolute Gasteiger partial charge is 0.454 e. The molecule has 8 nitrogen and oxygen atoms in total. The van der Waals surface area contributed by atoms with Gasteiger partial charge in [-0.1, -0.05) is 19.9 Å². The lowest BCUT2D eigenvalue weighted by Crippen LogP contribution is -2.35. The van der Waals surface area contributed by atoms with Gasteiger partial charge in [0.15, 0.2) is 22.8 Å². The minimum absolute atomic E-state index is 0.137. The number of aromatic nitrogens is 3. The predicted octanol–water partition coefficient (Wildman–Crippen LogP) is 2.11. The average molecular weight is 380 g/mol. The molecule has 144 valence electrons. The molecule has 1 aliphatic rings. The monoisotopic (exact) mass is 380 g/mol. The van der Waals surface area contributed by atoms with Crippen LogP contribution in [0.4, 0.5) is 0 Å². The molecule has 0 atom stereocenters. The highest BCUT2D eigenvalue weighted by Crippen LogP contribution is 2.32. The van der Waals surface area contributed by atoms with E-state index < -0.39 is 11.5 Å². The first kappa shape index (κ1) is 18.0. The Morgan fingerprint density at radius 1 is 1.25 bits per heavy atom. The SMILES string of the molecule is CC(C)Cn1c(=O)c(C(=O)NCc2ccc3c(c2)OCO3)nc2cccnc21. The van der Waals surface area contributed by atoms with Crippen molar-refractivity contribution in [1.82, 2.24) is 19.9 Å². The molecule has 4 rings (SSSR count). The average Bonchev–Trinajstić information content (AvgIpc) is 3.15. The zero-order valence-electron chi connectivity index (χ0n) is 15.6. The Bertz CT molecular complexity index is 1110. The third kappa shape index (κ3) is 3.40. The zero-order valence-corrected chi connectivity index (χ0v) is 15.6. The van der Waals surface area contributed by atoms with Gasteiger partial charge in [-0.15, -0.1) is 0 Å². The Hall–Kier alpha value is -3.42. The molecule has 0 saturated carbocycles. The van der Waals surface area contributed by atoms with Gasteiger partial charge in [-0.3, -0.25) is 14.2 Å². The molecule has 28 heavy (non-hydrogen) atoms. The first-order valence-corrected chi connectivity index (χ1v) is 9.05. The molecule has 8 heteroatoms. The van der Waals surface area contributed by atoms with Crippen LogP contribution in [0.1, 0.15) is 29.9 Å². The molecule has 0 aliphatic carbocycles. The number of rotatable bonds is 5. The summed E-state index contributed by atoms with van der Waals surface area (Å²) >= 11 is 0. The summed E-state index contributed by atoms with van der Waals surface area (Å²) in [5, 5.41) is 2.76. The Morgan fingerprint density at radius 3 is 2.89 bits per heavy atom. The van der Waals surface area contributed by atoms with Crippen molar-refractivity contribution in [1.29, 1.82) is 0 Å². The minimum atomic E-state index is -0.522. The number of amides is 1. The molecule has 3 heterocycles. The van der Waals surface area contributed by atoms with Crippen molar-refractivity contribution in [3.63, 3.8) is 0 Å². The number of pyridine rings is 1. The van der Waals surface area contributed by atoms with Crippen LogP contribution in [0.15, 0.2) is 41.3 Å². The van der Waals surface area contributed by atoms with Gasteiger partial charge in [0.05, 0.1) is 0 Å². The van der Waals surface area contributed by atoms with E-state index in [0.29, 0.717) is 29.2 Å². The van der Waals surface area contributed by atoms with E-state index in [1.807, 2.05) is 19.9 Å². The van der Waals surface area contributed by atoms with Crippen LogP contribution in [-0.2, 0) is 13.1 Å². The lowest BCUT2D eigenvalue weighted by atomic mass is 10.2. The second-order valence-corrected chi connectivity index (χ2v) is 6.99. The van der Waals surface area contributed by atoms with E-state index in [1.165, 1.54) is 4.57 Å². The van der Waals surface area contributed by atoms with Gasteiger partial charge in [0.1, 0.15) is 5.52 Å². The maximum absolute atomic E-state index is 12.9. The summed E-state index contributed by atoms with van der Waals surface area (Å²) in [6.07, 6.45) is 1.61. The maximum atomic E-state index is 12.9. The molecular weight excluding hydrogens is 360 g/mol. The number of ether oxygens (including phenoxy) is 2. The molecule has 0 unspecified atom stereocenters. The van der Waals surface area contributed by atoms with Crippen LogP contribution >= 0.6 is 0 Å². The molecular formula is C20H20N4O4. The van der Waals surface area contributed by atoms with Gasteiger partial charge >= 0.3 is 0 Å². The van der Waals surface area contributed by atoms with Crippen molar-refractivity contribution in [2.75, 3.05) is 6.79 Å². The topological polar surface area (TPSA) is 95.3 Å². The van der Waals surface area contributed by atoms with E-state index in [9.17, 15) is 9.59 Å². The smallest absolute Gasteiger partial charge is 0.283 e. The molecule has 0 bridgehead atoms. The number of carbonyl (C=O) groups excluding carboxylic acids is 1. The van der Waals surface area contributed by atoms with Gasteiger partial charge in [0, 0.05) is 19.3 Å². The summed E-state index contributed by atoms with van der Waals surface area (Å²) in [4.78, 5) is 34.1. The van der Waals surface area contributed by atoms with Crippen LogP contribution in [0.3, 0.4) is 0 Å². The van der Waals surface area contributed by atoms with E-state index in [2.05, 4.69) is 15.3 Å². The second-order valence-electron chi connectivity index (χ2n) is 6.99. The van der Waals surface area contributed by atoms with E-state index >= 15 is 0 Å². The number of carbonyl (C=O) groups is 1. The number of hydrogen-bond acceptors (Lipinski definition) is 6. The zero-order chi connectivity index (χ0) is 19.7. The number of nitrogens with zero attached hydrogens (tertiary/aromatic N) is 3. The minimum Gasteiger partial charge on any atom is -0.454 e. The lowest BCUT2D eigenvalue weighted by Gasteiger charge is -2.13. The van der Waals surface area contributed by atoms with Crippen molar-refractivity contribution in [2.45, 2.75) is 26.9 Å². The summed E-state index contributed by atoms with van der Waals surface area (Å²) in [7, 11) is 0. The van der Waals surface area contributed by atoms with Gasteiger partial charge in [-0.05, 0) is 35.7 Å². The Kier molecular flexibility index (Phi) is 4.68. The Morgan fingerprint density at radius 2 is 2.07 bits per heavy atom. The summed E-state index contributed by atoms with van der Waals surface area (Å²) in [5.41, 5.74) is 1.25. The fourth-order valence-electron chi connectivity index (χ4n) is 3.08. The number of benzene rings is 1. The van der Waals surface area contributed by atoms with Gasteiger partial charge in [-0.2, -0.15) is 0 Å². The van der Waals surface area contributed by atoms with Gasteiger partial charge in [0.2, 0.25) is 6.79 Å². The second kappa shape index (κ2) is 7.30. The molecule has 1 N–H and O–H groups in total. The standard InChI is InChI=1S/C20H20N4O4/c1-12(2)10-24-18-14(4-3-7-21-18)23-17(20(24)26)19(25)22-9-13-5-6-15-16(8-13)28-11-27-15/h3-8,12H,9-11H2,1-2H3,(H,22,25). The molecule has 1 amide bonds. The molecule has 0 saturated heterocycles. The van der Waals surface area contributed by atoms with Crippen molar-refractivity contribution >= 4 is 17.1 Å². The number of fused-ring (bicyclic) bond motifs is 2. The number of nitrogens with one attached hydrogen (secondary N) is 1. The van der Waals surface area contributed by atoms with E-state index in [0.717, 1.165) is 5.56 Å². The molecule has 0 fully saturated rings. The van der Waals surface area contributed by atoms with Crippen molar-refractivity contribution < 1.29 is 14.3 Å². The summed E-state index contributed by atoms with van der Waals surface area (Å²) in [6.45, 7) is 4.89. The normalized spacial score (nSPS) is 12.5. The van der Waals surface area contributed by atoms with Crippen LogP contribution in [-0.4, -0.2) is 27.2 Å². The van der Waals surface area contributed by atoms with Gasteiger partial charge < -0.3 is 14.8 Å². The number of hydrogen-bond donors (Lipinski definition) is 1. The van der Waals surface area contributed by atoms with E-state index in [1.54, 1.807) is 30.5 Å². The first-order valence-electron chi connectivity index (χ1n) is 9.05. The first-order chi connectivity index (χ1) is 13.5. The highest BCUT2D eigenvalue weighted by molar-refractivity contribution is 5.93. The maximum Gasteiger partial charge on any atom is 0.283 e. The van der Waals surface area contributed by atoms with Crippen LogP contribution in [0, 0.1) is 5.92 Å². The molecule has 0 spiro atoms. The summed E-state index contributed by atoms with van der Waals surface area (Å²) in [6, 6.07) is 8.90. The third-order valence-corrected chi connectivity index (χ3v) is 4.35. The van der Waals surface area contributed by atoms with Crippen LogP contribution in [0.25, 0.3) is 11.2 Å². The van der Waals surface area contributed by atoms with Crippen LogP contribution in [0.5, 0.6) is 11.5 Å². The third-order valence-electron chi connectivity index (χ3n) is 4.35. The van der Waals surface area contributed by atoms with Gasteiger partial charge in [-0.25, -0.2) is 9.97 Å². The molecule has 1 aromatic carbocycles. The Balaban J connectivity index is 1.62. The van der Waals surface area contributed by atoms with Crippen LogP contribution in [0.2, 0.25) is 0 Å². The van der Waals surface area contributed by atoms with Crippen molar-refractivity contribution in [3.8, 4) is 11.5 Å². The molecule has 2 aromatic heterocycles. The van der Waals surface area contributed by atoms with Crippen LogP contribution < -0.4 is 20.3 Å². The predicted molar refractivity (Wildman–Crippen MR) is 102 cm³/mol. The Labute approximate surface area is 161 Å². The van der Waals surface area contributed by atoms with Crippen molar-refractivity contribution in [2.24, 2.45) is 5.92 Å². The molecule has 3 aromatic rings. The van der Waals surface area contributed by atoms with E-state index in [-0.39, 0.29) is 24.9 Å². The van der Waals surface area contributed by atoms with E-state index in [4.69, 9.17) is 9.47 Å². The molecule has 1 aliphatic heterocycles. The molecule has 0 radical (unpaired) electrons. The fourth-order valence-corrected chi connectivity index (χ4v) is 3.08. The fraction of sp³-hybridized carbons (Fsp3) is 0.300. The lowest BCUT2D eigenvalue weighted by molar-refractivity contribution is 0.0943. The highest BCUT2D eigenvalue weighted by Gasteiger charge is 2.19. The quantitative estimate of drug-likeness (QED) is 0.728.